The molecule has 3 nitrogen and oxygen atoms in total. The summed E-state index contributed by atoms with van der Waals surface area (Å²) in [6.07, 6.45) is 1.51. The van der Waals surface area contributed by atoms with Crippen LogP contribution in [0.15, 0.2) is 18.3 Å². The summed E-state index contributed by atoms with van der Waals surface area (Å²) in [6.45, 7) is 1.94. The molecule has 12 heavy (non-hydrogen) atoms. The molecular weight excluding hydrogens is 157 g/mol. The van der Waals surface area contributed by atoms with Crippen molar-refractivity contribution in [3.8, 4) is 0 Å². The van der Waals surface area contributed by atoms with Crippen molar-refractivity contribution in [2.75, 3.05) is 18.4 Å². The molecule has 1 fully saturated rings. The minimum atomic E-state index is -0.438. The fourth-order valence-electron chi connectivity index (χ4n) is 1.09. The van der Waals surface area contributed by atoms with Crippen LogP contribution in [0.2, 0.25) is 0 Å². The number of aromatic nitrogens is 1. The molecule has 2 N–H and O–H groups in total. The molecule has 0 bridgehead atoms. The van der Waals surface area contributed by atoms with E-state index in [9.17, 15) is 4.39 Å². The predicted molar refractivity (Wildman–Crippen MR) is 44.5 cm³/mol. The maximum Gasteiger partial charge on any atom is 0.212 e. The van der Waals surface area contributed by atoms with Crippen LogP contribution in [0.1, 0.15) is 0 Å². The van der Waals surface area contributed by atoms with E-state index >= 15 is 0 Å². The molecule has 1 aromatic rings. The highest BCUT2D eigenvalue weighted by atomic mass is 19.1. The third-order valence-corrected chi connectivity index (χ3v) is 1.88. The minimum absolute atomic E-state index is 0.438. The summed E-state index contributed by atoms with van der Waals surface area (Å²) in [5, 5.41) is 6.35. The van der Waals surface area contributed by atoms with Crippen LogP contribution in [0, 0.1) is 5.95 Å². The van der Waals surface area contributed by atoms with Crippen LogP contribution in [0.25, 0.3) is 0 Å². The van der Waals surface area contributed by atoms with E-state index in [1.807, 2.05) is 0 Å². The third-order valence-electron chi connectivity index (χ3n) is 1.88. The fraction of sp³-hybridized carbons (Fsp3) is 0.375. The Morgan fingerprint density at radius 2 is 2.33 bits per heavy atom. The smallest absolute Gasteiger partial charge is 0.212 e. The zero-order chi connectivity index (χ0) is 8.39. The molecule has 0 saturated carbocycles. The van der Waals surface area contributed by atoms with Gasteiger partial charge in [-0.25, -0.2) is 4.98 Å². The lowest BCUT2D eigenvalue weighted by Crippen LogP contribution is -2.51. The number of hydrogen-bond acceptors (Lipinski definition) is 3. The largest absolute Gasteiger partial charge is 0.378 e. The molecule has 0 spiro atoms. The number of pyridine rings is 1. The Morgan fingerprint density at radius 1 is 1.50 bits per heavy atom. The monoisotopic (exact) mass is 167 g/mol. The Bertz CT molecular complexity index is 256. The van der Waals surface area contributed by atoms with Gasteiger partial charge in [0.2, 0.25) is 5.95 Å². The van der Waals surface area contributed by atoms with Crippen LogP contribution in [0.5, 0.6) is 0 Å². The molecule has 1 saturated heterocycles. The molecule has 0 aliphatic carbocycles. The van der Waals surface area contributed by atoms with Gasteiger partial charge in [0.15, 0.2) is 0 Å². The van der Waals surface area contributed by atoms with E-state index in [1.165, 1.54) is 12.3 Å². The molecule has 0 radical (unpaired) electrons. The Labute approximate surface area is 70.0 Å². The molecule has 1 aliphatic rings. The first-order chi connectivity index (χ1) is 5.84. The Kier molecular flexibility index (Phi) is 1.91. The molecule has 0 aromatic carbocycles. The van der Waals surface area contributed by atoms with Gasteiger partial charge in [0.25, 0.3) is 0 Å². The van der Waals surface area contributed by atoms with Crippen molar-refractivity contribution in [1.29, 1.82) is 0 Å². The van der Waals surface area contributed by atoms with Crippen LogP contribution < -0.4 is 10.6 Å². The van der Waals surface area contributed by atoms with Crippen LogP contribution in [0.4, 0.5) is 10.1 Å². The first kappa shape index (κ1) is 7.49. The highest BCUT2D eigenvalue weighted by Gasteiger charge is 2.15. The molecule has 2 rings (SSSR count). The standard InChI is InChI=1S/C8H10FN3/c9-8-2-1-6(5-11-8)12-7-3-10-4-7/h1-2,5,7,10,12H,3-4H2. The summed E-state index contributed by atoms with van der Waals surface area (Å²) in [4.78, 5) is 3.54. The SMILES string of the molecule is Fc1ccc(NC2CNC2)cn1. The van der Waals surface area contributed by atoms with Crippen molar-refractivity contribution in [2.24, 2.45) is 0 Å². The first-order valence-corrected chi connectivity index (χ1v) is 3.93. The lowest BCUT2D eigenvalue weighted by Gasteiger charge is -2.28. The second-order valence-electron chi connectivity index (χ2n) is 2.87. The van der Waals surface area contributed by atoms with E-state index in [1.54, 1.807) is 6.07 Å². The summed E-state index contributed by atoms with van der Waals surface area (Å²) in [5.74, 6) is -0.438. The van der Waals surface area contributed by atoms with Crippen LogP contribution >= 0.6 is 0 Å². The molecule has 0 amide bonds. The molecule has 0 unspecified atom stereocenters. The maximum absolute atomic E-state index is 12.4. The lowest BCUT2D eigenvalue weighted by atomic mass is 10.2. The number of nitrogens with one attached hydrogen (secondary N) is 2. The van der Waals surface area contributed by atoms with Gasteiger partial charge in [-0.3, -0.25) is 0 Å². The van der Waals surface area contributed by atoms with Crippen molar-refractivity contribution >= 4 is 5.69 Å². The number of hydrogen-bond donors (Lipinski definition) is 2. The summed E-state index contributed by atoms with van der Waals surface area (Å²) in [5.41, 5.74) is 0.878. The van der Waals surface area contributed by atoms with Gasteiger partial charge in [0.1, 0.15) is 0 Å². The molecule has 4 heteroatoms. The highest BCUT2D eigenvalue weighted by molar-refractivity contribution is 5.41. The molecule has 1 aliphatic heterocycles. The summed E-state index contributed by atoms with van der Waals surface area (Å²) >= 11 is 0. The molecule has 2 heterocycles. The van der Waals surface area contributed by atoms with Gasteiger partial charge in [-0.2, -0.15) is 4.39 Å². The second-order valence-corrected chi connectivity index (χ2v) is 2.87. The fourth-order valence-corrected chi connectivity index (χ4v) is 1.09. The Balaban J connectivity index is 1.98. The average molecular weight is 167 g/mol. The topological polar surface area (TPSA) is 37.0 Å². The average Bonchev–Trinajstić information content (AvgIpc) is 2.00. The molecule has 1 aromatic heterocycles. The number of nitrogens with zero attached hydrogens (tertiary/aromatic N) is 1. The van der Waals surface area contributed by atoms with Crippen LogP contribution in [0.3, 0.4) is 0 Å². The molecular formula is C8H10FN3. The minimum Gasteiger partial charge on any atom is -0.378 e. The first-order valence-electron chi connectivity index (χ1n) is 3.93. The lowest BCUT2D eigenvalue weighted by molar-refractivity contribution is 0.472. The van der Waals surface area contributed by atoms with E-state index in [0.29, 0.717) is 6.04 Å². The van der Waals surface area contributed by atoms with E-state index < -0.39 is 5.95 Å². The van der Waals surface area contributed by atoms with Gasteiger partial charge in [0, 0.05) is 13.1 Å². The van der Waals surface area contributed by atoms with Crippen molar-refractivity contribution in [2.45, 2.75) is 6.04 Å². The number of rotatable bonds is 2. The Morgan fingerprint density at radius 3 is 2.83 bits per heavy atom. The van der Waals surface area contributed by atoms with Gasteiger partial charge in [-0.15, -0.1) is 0 Å². The quantitative estimate of drug-likeness (QED) is 0.633. The maximum atomic E-state index is 12.4. The van der Waals surface area contributed by atoms with E-state index in [4.69, 9.17) is 0 Å². The van der Waals surface area contributed by atoms with Gasteiger partial charge < -0.3 is 10.6 Å². The van der Waals surface area contributed by atoms with Crippen molar-refractivity contribution in [3.05, 3.63) is 24.3 Å². The van der Waals surface area contributed by atoms with Crippen molar-refractivity contribution in [1.82, 2.24) is 10.3 Å². The zero-order valence-electron chi connectivity index (χ0n) is 6.55. The van der Waals surface area contributed by atoms with Gasteiger partial charge in [-0.05, 0) is 12.1 Å². The molecule has 0 atom stereocenters. The van der Waals surface area contributed by atoms with Crippen molar-refractivity contribution in [3.63, 3.8) is 0 Å². The normalized spacial score (nSPS) is 17.1. The summed E-state index contributed by atoms with van der Waals surface area (Å²) < 4.78 is 12.4. The molecule has 64 valence electrons. The second kappa shape index (κ2) is 3.06. The Hall–Kier alpha value is -1.16. The summed E-state index contributed by atoms with van der Waals surface area (Å²) in [7, 11) is 0. The van der Waals surface area contributed by atoms with Crippen LogP contribution in [-0.4, -0.2) is 24.1 Å². The van der Waals surface area contributed by atoms with Crippen molar-refractivity contribution < 1.29 is 4.39 Å². The van der Waals surface area contributed by atoms with Crippen LogP contribution in [-0.2, 0) is 0 Å². The zero-order valence-corrected chi connectivity index (χ0v) is 6.55. The summed E-state index contributed by atoms with van der Waals surface area (Å²) in [6, 6.07) is 3.52. The number of anilines is 1. The van der Waals surface area contributed by atoms with E-state index in [0.717, 1.165) is 18.8 Å². The van der Waals surface area contributed by atoms with E-state index in [-0.39, 0.29) is 0 Å². The predicted octanol–water partition coefficient (Wildman–Crippen LogP) is 0.604. The van der Waals surface area contributed by atoms with Gasteiger partial charge in [0.05, 0.1) is 17.9 Å². The van der Waals surface area contributed by atoms with Gasteiger partial charge >= 0.3 is 0 Å². The highest BCUT2D eigenvalue weighted by Crippen LogP contribution is 2.08. The number of halogens is 1. The van der Waals surface area contributed by atoms with Gasteiger partial charge in [-0.1, -0.05) is 0 Å². The third kappa shape index (κ3) is 1.53. The van der Waals surface area contributed by atoms with E-state index in [2.05, 4.69) is 15.6 Å².